The molecule has 0 atom stereocenters. The minimum atomic E-state index is -2.86. The summed E-state index contributed by atoms with van der Waals surface area (Å²) in [6.07, 6.45) is 3.57. The van der Waals surface area contributed by atoms with Gasteiger partial charge in [0.2, 0.25) is 5.91 Å². The van der Waals surface area contributed by atoms with E-state index < -0.39 is 6.61 Å². The van der Waals surface area contributed by atoms with Crippen LogP contribution in [-0.4, -0.2) is 25.6 Å². The number of hydrogen-bond acceptors (Lipinski definition) is 3. The summed E-state index contributed by atoms with van der Waals surface area (Å²) in [5.41, 5.74) is 0.554. The summed E-state index contributed by atoms with van der Waals surface area (Å²) in [5, 5.41) is 6.07. The van der Waals surface area contributed by atoms with E-state index in [0.717, 1.165) is 32.4 Å². The Hall–Kier alpha value is -1.69. The van der Waals surface area contributed by atoms with Crippen molar-refractivity contribution in [3.8, 4) is 5.75 Å². The first-order valence-corrected chi connectivity index (χ1v) is 7.65. The Bertz CT molecular complexity index is 477. The zero-order valence-corrected chi connectivity index (χ0v) is 12.5. The summed E-state index contributed by atoms with van der Waals surface area (Å²) in [6, 6.07) is 6.50. The Morgan fingerprint density at radius 3 is 2.77 bits per heavy atom. The topological polar surface area (TPSA) is 50.4 Å². The number of hydrogen-bond donors (Lipinski definition) is 2. The fraction of sp³-hybridized carbons (Fsp3) is 0.562. The van der Waals surface area contributed by atoms with Crippen molar-refractivity contribution in [2.24, 2.45) is 5.92 Å². The highest BCUT2D eigenvalue weighted by atomic mass is 19.3. The van der Waals surface area contributed by atoms with Gasteiger partial charge in [-0.05, 0) is 44.3 Å². The fourth-order valence-electron chi connectivity index (χ4n) is 2.65. The van der Waals surface area contributed by atoms with Crippen molar-refractivity contribution in [3.05, 3.63) is 29.8 Å². The van der Waals surface area contributed by atoms with Crippen LogP contribution in [-0.2, 0) is 11.3 Å². The van der Waals surface area contributed by atoms with E-state index >= 15 is 0 Å². The van der Waals surface area contributed by atoms with E-state index in [1.54, 1.807) is 18.2 Å². The van der Waals surface area contributed by atoms with Gasteiger partial charge in [0.25, 0.3) is 0 Å². The zero-order chi connectivity index (χ0) is 15.8. The maximum absolute atomic E-state index is 12.3. The molecule has 1 aliphatic heterocycles. The Balaban J connectivity index is 1.76. The van der Waals surface area contributed by atoms with Gasteiger partial charge < -0.3 is 15.4 Å². The normalized spacial score (nSPS) is 15.8. The summed E-state index contributed by atoms with van der Waals surface area (Å²) >= 11 is 0. The predicted molar refractivity (Wildman–Crippen MR) is 79.7 cm³/mol. The molecule has 0 aliphatic carbocycles. The van der Waals surface area contributed by atoms with Crippen LogP contribution in [0.4, 0.5) is 8.78 Å². The molecule has 0 saturated carbocycles. The monoisotopic (exact) mass is 312 g/mol. The number of ether oxygens (including phenoxy) is 1. The summed E-state index contributed by atoms with van der Waals surface area (Å²) in [7, 11) is 0. The molecular formula is C16H22F2N2O2. The summed E-state index contributed by atoms with van der Waals surface area (Å²) in [6.45, 7) is -0.625. The molecule has 2 rings (SSSR count). The van der Waals surface area contributed by atoms with E-state index in [-0.39, 0.29) is 18.2 Å². The van der Waals surface area contributed by atoms with Gasteiger partial charge in [0.15, 0.2) is 0 Å². The lowest BCUT2D eigenvalue weighted by atomic mass is 9.93. The Kier molecular flexibility index (Phi) is 6.58. The van der Waals surface area contributed by atoms with Crippen molar-refractivity contribution in [1.29, 1.82) is 0 Å². The second kappa shape index (κ2) is 8.68. The number of halogens is 2. The van der Waals surface area contributed by atoms with E-state index in [0.29, 0.717) is 17.9 Å². The maximum atomic E-state index is 12.3. The lowest BCUT2D eigenvalue weighted by Gasteiger charge is -2.22. The van der Waals surface area contributed by atoms with Crippen LogP contribution in [0.15, 0.2) is 24.3 Å². The highest BCUT2D eigenvalue weighted by Gasteiger charge is 2.15. The first kappa shape index (κ1) is 16.7. The molecule has 122 valence electrons. The van der Waals surface area contributed by atoms with Gasteiger partial charge in [0.05, 0.1) is 0 Å². The molecule has 22 heavy (non-hydrogen) atoms. The van der Waals surface area contributed by atoms with E-state index in [2.05, 4.69) is 15.4 Å². The summed E-state index contributed by atoms with van der Waals surface area (Å²) < 4.78 is 29.1. The molecule has 0 aromatic heterocycles. The van der Waals surface area contributed by atoms with Crippen LogP contribution < -0.4 is 15.4 Å². The number of alkyl halides is 2. The molecule has 0 bridgehead atoms. The molecule has 1 fully saturated rings. The van der Waals surface area contributed by atoms with Crippen LogP contribution in [0.3, 0.4) is 0 Å². The Morgan fingerprint density at radius 1 is 1.32 bits per heavy atom. The van der Waals surface area contributed by atoms with Gasteiger partial charge in [-0.25, -0.2) is 0 Å². The highest BCUT2D eigenvalue weighted by Crippen LogP contribution is 2.20. The van der Waals surface area contributed by atoms with Gasteiger partial charge in [0.1, 0.15) is 5.75 Å². The van der Waals surface area contributed by atoms with Crippen molar-refractivity contribution < 1.29 is 18.3 Å². The van der Waals surface area contributed by atoms with Crippen molar-refractivity contribution in [2.45, 2.75) is 38.8 Å². The number of nitrogens with one attached hydrogen (secondary N) is 2. The smallest absolute Gasteiger partial charge is 0.387 e. The molecule has 1 amide bonds. The Labute approximate surface area is 129 Å². The van der Waals surface area contributed by atoms with Gasteiger partial charge >= 0.3 is 6.61 Å². The molecule has 0 unspecified atom stereocenters. The minimum absolute atomic E-state index is 0.0506. The number of amides is 1. The number of benzene rings is 1. The van der Waals surface area contributed by atoms with Crippen LogP contribution in [0.5, 0.6) is 5.75 Å². The van der Waals surface area contributed by atoms with Gasteiger partial charge in [-0.3, -0.25) is 4.79 Å². The number of carbonyl (C=O) groups excluding carboxylic acids is 1. The van der Waals surface area contributed by atoms with Crippen molar-refractivity contribution in [3.63, 3.8) is 0 Å². The number of rotatable bonds is 7. The zero-order valence-electron chi connectivity index (χ0n) is 12.5. The third-order valence-corrected chi connectivity index (χ3v) is 3.90. The van der Waals surface area contributed by atoms with Crippen molar-refractivity contribution >= 4 is 5.91 Å². The molecule has 1 aromatic rings. The SMILES string of the molecule is O=C(CCC1CCNCC1)NCc1ccccc1OC(F)F. The van der Waals surface area contributed by atoms with Crippen LogP contribution in [0.25, 0.3) is 0 Å². The molecule has 2 N–H and O–H groups in total. The van der Waals surface area contributed by atoms with Gasteiger partial charge in [-0.15, -0.1) is 0 Å². The van der Waals surface area contributed by atoms with Crippen LogP contribution in [0, 0.1) is 5.92 Å². The summed E-state index contributed by atoms with van der Waals surface area (Å²) in [5.74, 6) is 0.656. The first-order valence-electron chi connectivity index (χ1n) is 7.65. The van der Waals surface area contributed by atoms with Crippen molar-refractivity contribution in [2.75, 3.05) is 13.1 Å². The standard InChI is InChI=1S/C16H22F2N2O2/c17-16(18)22-14-4-2-1-3-13(14)11-20-15(21)6-5-12-7-9-19-10-8-12/h1-4,12,16,19H,5-11H2,(H,20,21). The quantitative estimate of drug-likeness (QED) is 0.814. The first-order chi connectivity index (χ1) is 10.6. The van der Waals surface area contributed by atoms with Crippen LogP contribution in [0.2, 0.25) is 0 Å². The van der Waals surface area contributed by atoms with Gasteiger partial charge in [-0.2, -0.15) is 8.78 Å². The molecule has 0 radical (unpaired) electrons. The van der Waals surface area contributed by atoms with E-state index in [4.69, 9.17) is 0 Å². The van der Waals surface area contributed by atoms with Gasteiger partial charge in [0, 0.05) is 18.5 Å². The number of piperidine rings is 1. The van der Waals surface area contributed by atoms with Crippen LogP contribution in [0.1, 0.15) is 31.2 Å². The minimum Gasteiger partial charge on any atom is -0.434 e. The third-order valence-electron chi connectivity index (χ3n) is 3.90. The molecule has 0 spiro atoms. The molecule has 4 nitrogen and oxygen atoms in total. The lowest BCUT2D eigenvalue weighted by molar-refractivity contribution is -0.121. The Morgan fingerprint density at radius 2 is 2.05 bits per heavy atom. The molecule has 1 aliphatic rings. The van der Waals surface area contributed by atoms with Gasteiger partial charge in [-0.1, -0.05) is 18.2 Å². The average Bonchev–Trinajstić information content (AvgIpc) is 2.52. The molecule has 1 saturated heterocycles. The molecule has 1 aromatic carbocycles. The lowest BCUT2D eigenvalue weighted by Crippen LogP contribution is -2.29. The number of carbonyl (C=O) groups is 1. The predicted octanol–water partition coefficient (Wildman–Crippen LogP) is 2.68. The third kappa shape index (κ3) is 5.60. The average molecular weight is 312 g/mol. The van der Waals surface area contributed by atoms with Crippen LogP contribution >= 0.6 is 0 Å². The van der Waals surface area contributed by atoms with Crippen molar-refractivity contribution in [1.82, 2.24) is 10.6 Å². The number of para-hydroxylation sites is 1. The van der Waals surface area contributed by atoms with E-state index in [1.165, 1.54) is 6.07 Å². The molecular weight excluding hydrogens is 290 g/mol. The van der Waals surface area contributed by atoms with E-state index in [9.17, 15) is 13.6 Å². The van der Waals surface area contributed by atoms with E-state index in [1.807, 2.05) is 0 Å². The highest BCUT2D eigenvalue weighted by molar-refractivity contribution is 5.75. The summed E-state index contributed by atoms with van der Waals surface area (Å²) in [4.78, 5) is 11.9. The molecule has 6 heteroatoms. The molecule has 1 heterocycles. The maximum Gasteiger partial charge on any atom is 0.387 e. The largest absolute Gasteiger partial charge is 0.434 e. The second-order valence-electron chi connectivity index (χ2n) is 5.50. The fourth-order valence-corrected chi connectivity index (χ4v) is 2.65. The second-order valence-corrected chi connectivity index (χ2v) is 5.50.